The minimum Gasteiger partial charge on any atom is -0.467 e. The number of carbonyl (C=O) groups excluding carboxylic acids is 1. The van der Waals surface area contributed by atoms with E-state index in [9.17, 15) is 4.79 Å². The van der Waals surface area contributed by atoms with E-state index in [1.807, 2.05) is 54.6 Å². The summed E-state index contributed by atoms with van der Waals surface area (Å²) in [7, 11) is 0. The first-order chi connectivity index (χ1) is 16.7. The first kappa shape index (κ1) is 22.0. The van der Waals surface area contributed by atoms with Gasteiger partial charge in [-0.3, -0.25) is 4.79 Å². The van der Waals surface area contributed by atoms with Crippen molar-refractivity contribution >= 4 is 11.6 Å². The number of furan rings is 1. The Balaban J connectivity index is 1.13. The third-order valence-corrected chi connectivity index (χ3v) is 6.16. The van der Waals surface area contributed by atoms with Gasteiger partial charge in [-0.1, -0.05) is 48.5 Å². The second kappa shape index (κ2) is 10.4. The Morgan fingerprint density at radius 3 is 2.53 bits per heavy atom. The maximum atomic E-state index is 12.7. The van der Waals surface area contributed by atoms with Crippen LogP contribution in [-0.2, 0) is 37.5 Å². The standard InChI is InChI=1S/C29H28N2O3/c32-29(30-18-22-5-3-6-23(17-22)20-33-21-28-9-4-16-34-28)25-10-12-27(13-11-25)31-15-14-24-7-1-2-8-26(24)19-31/h1-13,16-17H,14-15,18-21H2,(H,30,32). The summed E-state index contributed by atoms with van der Waals surface area (Å²) in [5.74, 6) is 0.731. The number of amides is 1. The van der Waals surface area contributed by atoms with E-state index in [1.165, 1.54) is 11.1 Å². The number of nitrogens with one attached hydrogen (secondary N) is 1. The molecule has 1 amide bonds. The summed E-state index contributed by atoms with van der Waals surface area (Å²) in [4.78, 5) is 15.1. The summed E-state index contributed by atoms with van der Waals surface area (Å²) in [6.07, 6.45) is 2.69. The number of carbonyl (C=O) groups is 1. The third-order valence-electron chi connectivity index (χ3n) is 6.16. The van der Waals surface area contributed by atoms with E-state index in [1.54, 1.807) is 6.26 Å². The average molecular weight is 453 g/mol. The molecule has 5 heteroatoms. The minimum atomic E-state index is -0.0741. The molecular formula is C29H28N2O3. The van der Waals surface area contributed by atoms with Crippen LogP contribution in [0.3, 0.4) is 0 Å². The average Bonchev–Trinajstić information content (AvgIpc) is 3.41. The Bertz CT molecular complexity index is 1230. The molecule has 0 saturated heterocycles. The quantitative estimate of drug-likeness (QED) is 0.384. The molecule has 0 radical (unpaired) electrons. The maximum Gasteiger partial charge on any atom is 0.251 e. The van der Waals surface area contributed by atoms with E-state index >= 15 is 0 Å². The molecule has 0 bridgehead atoms. The monoisotopic (exact) mass is 452 g/mol. The van der Waals surface area contributed by atoms with Crippen molar-refractivity contribution in [3.05, 3.63) is 125 Å². The molecule has 0 fully saturated rings. The highest BCUT2D eigenvalue weighted by molar-refractivity contribution is 5.94. The molecule has 5 nitrogen and oxygen atoms in total. The molecule has 1 N–H and O–H groups in total. The number of ether oxygens (including phenoxy) is 1. The molecule has 34 heavy (non-hydrogen) atoms. The van der Waals surface area contributed by atoms with E-state index in [2.05, 4.69) is 40.5 Å². The van der Waals surface area contributed by atoms with Crippen LogP contribution in [0.2, 0.25) is 0 Å². The lowest BCUT2D eigenvalue weighted by atomic mass is 9.99. The number of rotatable bonds is 8. The van der Waals surface area contributed by atoms with Crippen LogP contribution in [0, 0.1) is 0 Å². The van der Waals surface area contributed by atoms with Gasteiger partial charge in [-0.15, -0.1) is 0 Å². The predicted molar refractivity (Wildman–Crippen MR) is 132 cm³/mol. The van der Waals surface area contributed by atoms with Crippen LogP contribution in [0.5, 0.6) is 0 Å². The lowest BCUT2D eigenvalue weighted by Crippen LogP contribution is -2.30. The number of fused-ring (bicyclic) bond motifs is 1. The van der Waals surface area contributed by atoms with E-state index in [4.69, 9.17) is 9.15 Å². The van der Waals surface area contributed by atoms with Crippen LogP contribution in [0.1, 0.15) is 38.4 Å². The van der Waals surface area contributed by atoms with Gasteiger partial charge in [0.2, 0.25) is 0 Å². The van der Waals surface area contributed by atoms with Crippen molar-refractivity contribution in [2.75, 3.05) is 11.4 Å². The van der Waals surface area contributed by atoms with E-state index < -0.39 is 0 Å². The van der Waals surface area contributed by atoms with Crippen molar-refractivity contribution in [1.82, 2.24) is 5.32 Å². The molecule has 0 unspecified atom stereocenters. The molecule has 5 rings (SSSR count). The topological polar surface area (TPSA) is 54.7 Å². The molecule has 0 saturated carbocycles. The van der Waals surface area contributed by atoms with Gasteiger partial charge in [0.15, 0.2) is 0 Å². The molecule has 4 aromatic rings. The van der Waals surface area contributed by atoms with Gasteiger partial charge in [0.25, 0.3) is 5.91 Å². The Morgan fingerprint density at radius 1 is 0.882 bits per heavy atom. The van der Waals surface area contributed by atoms with Gasteiger partial charge in [-0.2, -0.15) is 0 Å². The minimum absolute atomic E-state index is 0.0741. The van der Waals surface area contributed by atoms with Crippen LogP contribution < -0.4 is 10.2 Å². The van der Waals surface area contributed by atoms with Gasteiger partial charge < -0.3 is 19.4 Å². The molecule has 2 heterocycles. The zero-order valence-corrected chi connectivity index (χ0v) is 19.1. The number of benzene rings is 3. The summed E-state index contributed by atoms with van der Waals surface area (Å²) in [6.45, 7) is 3.29. The van der Waals surface area contributed by atoms with Crippen molar-refractivity contribution in [3.63, 3.8) is 0 Å². The lowest BCUT2D eigenvalue weighted by Gasteiger charge is -2.30. The number of anilines is 1. The van der Waals surface area contributed by atoms with Gasteiger partial charge in [-0.25, -0.2) is 0 Å². The summed E-state index contributed by atoms with van der Waals surface area (Å²) < 4.78 is 11.0. The van der Waals surface area contributed by atoms with Crippen molar-refractivity contribution in [2.45, 2.75) is 32.7 Å². The Hall–Kier alpha value is -3.83. The number of hydrogen-bond donors (Lipinski definition) is 1. The summed E-state index contributed by atoms with van der Waals surface area (Å²) in [5, 5.41) is 3.02. The highest BCUT2D eigenvalue weighted by Gasteiger charge is 2.16. The first-order valence-electron chi connectivity index (χ1n) is 11.6. The summed E-state index contributed by atoms with van der Waals surface area (Å²) in [6, 6.07) is 28.3. The second-order valence-electron chi connectivity index (χ2n) is 8.56. The molecule has 1 aromatic heterocycles. The molecule has 3 aromatic carbocycles. The van der Waals surface area contributed by atoms with Gasteiger partial charge in [0.05, 0.1) is 12.9 Å². The van der Waals surface area contributed by atoms with Gasteiger partial charge >= 0.3 is 0 Å². The molecular weight excluding hydrogens is 424 g/mol. The van der Waals surface area contributed by atoms with Crippen LogP contribution in [-0.4, -0.2) is 12.5 Å². The van der Waals surface area contributed by atoms with Gasteiger partial charge in [0, 0.05) is 30.9 Å². The molecule has 0 spiro atoms. The van der Waals surface area contributed by atoms with E-state index in [0.29, 0.717) is 25.3 Å². The lowest BCUT2D eigenvalue weighted by molar-refractivity contribution is 0.0928. The number of nitrogens with zero attached hydrogens (tertiary/aromatic N) is 1. The maximum absolute atomic E-state index is 12.7. The zero-order valence-electron chi connectivity index (χ0n) is 19.1. The molecule has 1 aliphatic rings. The first-order valence-corrected chi connectivity index (χ1v) is 11.6. The summed E-state index contributed by atoms with van der Waals surface area (Å²) >= 11 is 0. The smallest absolute Gasteiger partial charge is 0.251 e. The summed E-state index contributed by atoms with van der Waals surface area (Å²) in [5.41, 5.74) is 6.72. The molecule has 0 atom stereocenters. The third kappa shape index (κ3) is 5.38. The molecule has 0 aliphatic carbocycles. The van der Waals surface area contributed by atoms with Crippen molar-refractivity contribution in [2.24, 2.45) is 0 Å². The van der Waals surface area contributed by atoms with Gasteiger partial charge in [0.1, 0.15) is 12.4 Å². The van der Waals surface area contributed by atoms with Crippen molar-refractivity contribution in [1.29, 1.82) is 0 Å². The number of hydrogen-bond acceptors (Lipinski definition) is 4. The fourth-order valence-electron chi connectivity index (χ4n) is 4.32. The highest BCUT2D eigenvalue weighted by Crippen LogP contribution is 2.24. The SMILES string of the molecule is O=C(NCc1cccc(COCc2ccco2)c1)c1ccc(N2CCc3ccccc3C2)cc1. The zero-order chi connectivity index (χ0) is 23.2. The van der Waals surface area contributed by atoms with Crippen LogP contribution in [0.4, 0.5) is 5.69 Å². The normalized spacial score (nSPS) is 12.9. The largest absolute Gasteiger partial charge is 0.467 e. The molecule has 172 valence electrons. The molecule has 1 aliphatic heterocycles. The highest BCUT2D eigenvalue weighted by atomic mass is 16.5. The van der Waals surface area contributed by atoms with Crippen molar-refractivity contribution in [3.8, 4) is 0 Å². The fraction of sp³-hybridized carbons (Fsp3) is 0.207. The van der Waals surface area contributed by atoms with E-state index in [-0.39, 0.29) is 5.91 Å². The Labute approximate surface area is 200 Å². The van der Waals surface area contributed by atoms with Crippen LogP contribution in [0.15, 0.2) is 95.6 Å². The predicted octanol–water partition coefficient (Wildman–Crippen LogP) is 5.49. The van der Waals surface area contributed by atoms with E-state index in [0.717, 1.165) is 42.1 Å². The Kier molecular flexibility index (Phi) is 6.73. The van der Waals surface area contributed by atoms with Crippen molar-refractivity contribution < 1.29 is 13.9 Å². The van der Waals surface area contributed by atoms with Gasteiger partial charge in [-0.05, 0) is 65.1 Å². The van der Waals surface area contributed by atoms with Crippen LogP contribution >= 0.6 is 0 Å². The fourth-order valence-corrected chi connectivity index (χ4v) is 4.32. The Morgan fingerprint density at radius 2 is 1.71 bits per heavy atom. The second-order valence-corrected chi connectivity index (χ2v) is 8.56. The van der Waals surface area contributed by atoms with Crippen LogP contribution in [0.25, 0.3) is 0 Å².